The van der Waals surface area contributed by atoms with Gasteiger partial charge in [0.1, 0.15) is 0 Å². The minimum Gasteiger partial charge on any atom is -0.325 e. The second-order valence-corrected chi connectivity index (χ2v) is 10.2. The third kappa shape index (κ3) is 6.04. The van der Waals surface area contributed by atoms with Crippen molar-refractivity contribution < 1.29 is 13.2 Å². The molecule has 8 heteroatoms. The number of sulfone groups is 1. The number of carbonyl (C=O) groups excluding carboxylic acids is 1. The molecule has 2 aromatic rings. The molecule has 0 radical (unpaired) electrons. The number of nitrogens with zero attached hydrogens (tertiary/aromatic N) is 2. The van der Waals surface area contributed by atoms with E-state index in [-0.39, 0.29) is 11.7 Å². The third-order valence-electron chi connectivity index (χ3n) is 5.56. The van der Waals surface area contributed by atoms with Crippen molar-refractivity contribution in [1.82, 2.24) is 9.80 Å². The number of aryl methyl sites for hydroxylation is 1. The van der Waals surface area contributed by atoms with Crippen molar-refractivity contribution in [3.8, 4) is 0 Å². The van der Waals surface area contributed by atoms with Gasteiger partial charge in [0.15, 0.2) is 9.84 Å². The number of anilines is 1. The van der Waals surface area contributed by atoms with Gasteiger partial charge in [0.05, 0.1) is 17.2 Å². The molecule has 1 heterocycles. The molecule has 6 nitrogen and oxygen atoms in total. The molecule has 1 saturated heterocycles. The summed E-state index contributed by atoms with van der Waals surface area (Å²) in [4.78, 5) is 16.9. The van der Waals surface area contributed by atoms with Crippen LogP contribution in [0.4, 0.5) is 5.69 Å². The number of benzene rings is 2. The molecule has 0 atom stereocenters. The van der Waals surface area contributed by atoms with Gasteiger partial charge in [0.25, 0.3) is 0 Å². The van der Waals surface area contributed by atoms with E-state index < -0.39 is 9.84 Å². The van der Waals surface area contributed by atoms with Gasteiger partial charge >= 0.3 is 0 Å². The Morgan fingerprint density at radius 1 is 1.00 bits per heavy atom. The number of rotatable bonds is 7. The van der Waals surface area contributed by atoms with Crippen LogP contribution < -0.4 is 5.32 Å². The molecule has 1 amide bonds. The summed E-state index contributed by atoms with van der Waals surface area (Å²) in [5.74, 6) is 0.0457. The quantitative estimate of drug-likeness (QED) is 0.703. The predicted octanol–water partition coefficient (Wildman–Crippen LogP) is 2.99. The highest BCUT2D eigenvalue weighted by molar-refractivity contribution is 7.91. The lowest BCUT2D eigenvalue weighted by molar-refractivity contribution is -0.117. The number of nitrogens with one attached hydrogen (secondary N) is 1. The molecule has 0 saturated carbocycles. The Balaban J connectivity index is 1.44. The Morgan fingerprint density at radius 2 is 1.63 bits per heavy atom. The molecule has 0 aromatic heterocycles. The van der Waals surface area contributed by atoms with Crippen molar-refractivity contribution in [2.45, 2.75) is 18.7 Å². The Labute approximate surface area is 183 Å². The minimum absolute atomic E-state index is 0.0255. The maximum Gasteiger partial charge on any atom is 0.238 e. The SMILES string of the molecule is Cc1cccc(NC(=O)CN2CCN(CCS(=O)(=O)c3ccc(Cl)cc3)CC2)c1C. The molecule has 162 valence electrons. The van der Waals surface area contributed by atoms with Crippen LogP contribution in [0.1, 0.15) is 11.1 Å². The summed E-state index contributed by atoms with van der Waals surface area (Å²) in [6, 6.07) is 12.2. The first-order chi connectivity index (χ1) is 14.2. The standard InChI is InChI=1S/C22H28ClN3O3S/c1-17-4-3-5-21(18(17)2)24-22(27)16-26-12-10-25(11-13-26)14-15-30(28,29)20-8-6-19(23)7-9-20/h3-9H,10-16H2,1-2H3,(H,24,27). The second-order valence-electron chi connectivity index (χ2n) is 7.69. The topological polar surface area (TPSA) is 69.7 Å². The van der Waals surface area contributed by atoms with E-state index in [1.54, 1.807) is 24.3 Å². The van der Waals surface area contributed by atoms with Crippen molar-refractivity contribution in [1.29, 1.82) is 0 Å². The zero-order valence-corrected chi connectivity index (χ0v) is 19.0. The van der Waals surface area contributed by atoms with E-state index in [9.17, 15) is 13.2 Å². The maximum atomic E-state index is 12.5. The average Bonchev–Trinajstić information content (AvgIpc) is 2.71. The largest absolute Gasteiger partial charge is 0.325 e. The minimum atomic E-state index is -3.33. The van der Waals surface area contributed by atoms with Crippen molar-refractivity contribution in [2.75, 3.05) is 50.3 Å². The molecule has 30 heavy (non-hydrogen) atoms. The fraction of sp³-hybridized carbons (Fsp3) is 0.409. The van der Waals surface area contributed by atoms with E-state index >= 15 is 0 Å². The molecular weight excluding hydrogens is 422 g/mol. The van der Waals surface area contributed by atoms with Crippen LogP contribution in [0.2, 0.25) is 5.02 Å². The summed E-state index contributed by atoms with van der Waals surface area (Å²) < 4.78 is 25.0. The van der Waals surface area contributed by atoms with Crippen LogP contribution in [0.3, 0.4) is 0 Å². The molecule has 2 aromatic carbocycles. The van der Waals surface area contributed by atoms with Crippen LogP contribution in [0.5, 0.6) is 0 Å². The molecule has 1 N–H and O–H groups in total. The average molecular weight is 450 g/mol. The molecule has 1 aliphatic rings. The van der Waals surface area contributed by atoms with Crippen LogP contribution in [0.15, 0.2) is 47.4 Å². The van der Waals surface area contributed by atoms with E-state index in [0.29, 0.717) is 23.0 Å². The molecule has 0 aliphatic carbocycles. The van der Waals surface area contributed by atoms with Crippen molar-refractivity contribution >= 4 is 33.0 Å². The Kier molecular flexibility index (Phi) is 7.52. The van der Waals surface area contributed by atoms with Crippen molar-refractivity contribution in [3.05, 3.63) is 58.6 Å². The van der Waals surface area contributed by atoms with Gasteiger partial charge in [-0.3, -0.25) is 14.6 Å². The van der Waals surface area contributed by atoms with Gasteiger partial charge in [0.2, 0.25) is 5.91 Å². The number of carbonyl (C=O) groups is 1. The summed E-state index contributed by atoms with van der Waals surface area (Å²) in [6.45, 7) is 7.80. The number of halogens is 1. The summed E-state index contributed by atoms with van der Waals surface area (Å²) in [5, 5.41) is 3.51. The summed E-state index contributed by atoms with van der Waals surface area (Å²) in [5.41, 5.74) is 3.08. The van der Waals surface area contributed by atoms with Crippen molar-refractivity contribution in [3.63, 3.8) is 0 Å². The maximum absolute atomic E-state index is 12.5. The van der Waals surface area contributed by atoms with Gasteiger partial charge in [-0.15, -0.1) is 0 Å². The lowest BCUT2D eigenvalue weighted by atomic mass is 10.1. The van der Waals surface area contributed by atoms with E-state index in [1.807, 2.05) is 32.0 Å². The monoisotopic (exact) mass is 449 g/mol. The highest BCUT2D eigenvalue weighted by Crippen LogP contribution is 2.18. The molecule has 1 fully saturated rings. The van der Waals surface area contributed by atoms with E-state index in [2.05, 4.69) is 15.1 Å². The fourth-order valence-corrected chi connectivity index (χ4v) is 4.87. The Bertz CT molecular complexity index is 985. The first-order valence-electron chi connectivity index (χ1n) is 10.0. The van der Waals surface area contributed by atoms with Crippen LogP contribution in [-0.2, 0) is 14.6 Å². The zero-order valence-electron chi connectivity index (χ0n) is 17.4. The van der Waals surface area contributed by atoms with Crippen LogP contribution >= 0.6 is 11.6 Å². The zero-order chi connectivity index (χ0) is 21.7. The van der Waals surface area contributed by atoms with Crippen molar-refractivity contribution in [2.24, 2.45) is 0 Å². The second kappa shape index (κ2) is 9.92. The predicted molar refractivity (Wildman–Crippen MR) is 121 cm³/mol. The number of hydrogen-bond donors (Lipinski definition) is 1. The highest BCUT2D eigenvalue weighted by Gasteiger charge is 2.22. The van der Waals surface area contributed by atoms with Crippen LogP contribution in [0.25, 0.3) is 0 Å². The molecule has 0 spiro atoms. The summed E-state index contributed by atoms with van der Waals surface area (Å²) in [7, 11) is -3.33. The summed E-state index contributed by atoms with van der Waals surface area (Å²) >= 11 is 5.83. The lowest BCUT2D eigenvalue weighted by Crippen LogP contribution is -2.49. The molecule has 0 bridgehead atoms. The number of amides is 1. The van der Waals surface area contributed by atoms with E-state index in [1.165, 1.54) is 0 Å². The molecule has 1 aliphatic heterocycles. The van der Waals surface area contributed by atoms with E-state index in [4.69, 9.17) is 11.6 Å². The van der Waals surface area contributed by atoms with Crippen LogP contribution in [-0.4, -0.2) is 69.1 Å². The van der Waals surface area contributed by atoms with Crippen LogP contribution in [0, 0.1) is 13.8 Å². The lowest BCUT2D eigenvalue weighted by Gasteiger charge is -2.34. The van der Waals surface area contributed by atoms with Gasteiger partial charge < -0.3 is 5.32 Å². The summed E-state index contributed by atoms with van der Waals surface area (Å²) in [6.07, 6.45) is 0. The van der Waals surface area contributed by atoms with Gasteiger partial charge in [-0.1, -0.05) is 23.7 Å². The first kappa shape index (κ1) is 22.7. The Morgan fingerprint density at radius 3 is 2.30 bits per heavy atom. The van der Waals surface area contributed by atoms with Gasteiger partial charge in [-0.05, 0) is 55.3 Å². The first-order valence-corrected chi connectivity index (χ1v) is 12.1. The van der Waals surface area contributed by atoms with Gasteiger partial charge in [-0.2, -0.15) is 0 Å². The third-order valence-corrected chi connectivity index (χ3v) is 7.52. The fourth-order valence-electron chi connectivity index (χ4n) is 3.46. The van der Waals surface area contributed by atoms with Gasteiger partial charge in [0, 0.05) is 43.4 Å². The van der Waals surface area contributed by atoms with Gasteiger partial charge in [-0.25, -0.2) is 8.42 Å². The highest BCUT2D eigenvalue weighted by atomic mass is 35.5. The normalized spacial score (nSPS) is 15.8. The van der Waals surface area contributed by atoms with E-state index in [0.717, 1.165) is 43.0 Å². The molecular formula is C22H28ClN3O3S. The molecule has 0 unspecified atom stereocenters. The Hall–Kier alpha value is -1.93. The molecule has 3 rings (SSSR count). The number of hydrogen-bond acceptors (Lipinski definition) is 5. The number of piperazine rings is 1. The smallest absolute Gasteiger partial charge is 0.238 e.